The molecule has 0 aliphatic carbocycles. The predicted molar refractivity (Wildman–Crippen MR) is 101 cm³/mol. The average molecular weight is 462 g/mol. The Morgan fingerprint density at radius 1 is 1.31 bits per heavy atom. The van der Waals surface area contributed by atoms with E-state index in [0.29, 0.717) is 0 Å². The van der Waals surface area contributed by atoms with E-state index in [1.54, 1.807) is 19.1 Å². The number of carbonyl (C=O) groups excluding carboxylic acids is 2. The Morgan fingerprint density at radius 2 is 1.96 bits per heavy atom. The summed E-state index contributed by atoms with van der Waals surface area (Å²) in [6, 6.07) is 6.10. The summed E-state index contributed by atoms with van der Waals surface area (Å²) < 4.78 is 31.4. The zero-order chi connectivity index (χ0) is 19.3. The number of hydrogen-bond donors (Lipinski definition) is 1. The number of likely N-dealkylation sites (N-methyl/N-ethyl adjacent to an activating group) is 1. The highest BCUT2D eigenvalue weighted by atomic mass is 79.9. The van der Waals surface area contributed by atoms with E-state index >= 15 is 0 Å². The minimum atomic E-state index is -3.80. The van der Waals surface area contributed by atoms with Crippen molar-refractivity contribution < 1.29 is 22.7 Å². The third kappa shape index (κ3) is 5.10. The molecule has 0 aliphatic rings. The number of sulfonamides is 1. The van der Waals surface area contributed by atoms with Crippen molar-refractivity contribution in [3.05, 3.63) is 39.8 Å². The lowest BCUT2D eigenvalue weighted by Crippen LogP contribution is -2.34. The average Bonchev–Trinajstić information content (AvgIpc) is 3.03. The summed E-state index contributed by atoms with van der Waals surface area (Å²) in [5, 5.41) is 4.11. The van der Waals surface area contributed by atoms with Gasteiger partial charge in [0.25, 0.3) is 0 Å². The van der Waals surface area contributed by atoms with Crippen molar-refractivity contribution in [2.24, 2.45) is 0 Å². The summed E-state index contributed by atoms with van der Waals surface area (Å²) in [6.07, 6.45) is 0. The monoisotopic (exact) mass is 461 g/mol. The molecule has 1 aromatic heterocycles. The molecule has 0 atom stereocenters. The molecule has 1 heterocycles. The first-order valence-electron chi connectivity index (χ1n) is 7.38. The number of aromatic nitrogens is 1. The van der Waals surface area contributed by atoms with Crippen LogP contribution in [0.25, 0.3) is 0 Å². The molecule has 2 rings (SSSR count). The Morgan fingerprint density at radius 3 is 2.58 bits per heavy atom. The van der Waals surface area contributed by atoms with Crippen molar-refractivity contribution in [1.29, 1.82) is 0 Å². The summed E-state index contributed by atoms with van der Waals surface area (Å²) in [5.41, 5.74) is 0.0861. The molecule has 0 radical (unpaired) electrons. The Balaban J connectivity index is 2.00. The van der Waals surface area contributed by atoms with E-state index in [0.717, 1.165) is 20.1 Å². The number of benzene rings is 1. The van der Waals surface area contributed by atoms with E-state index in [4.69, 9.17) is 4.74 Å². The van der Waals surface area contributed by atoms with Gasteiger partial charge < -0.3 is 10.1 Å². The van der Waals surface area contributed by atoms with Gasteiger partial charge in [-0.3, -0.25) is 4.79 Å². The van der Waals surface area contributed by atoms with E-state index in [1.807, 2.05) is 0 Å². The summed E-state index contributed by atoms with van der Waals surface area (Å²) in [6.45, 7) is 1.50. The highest BCUT2D eigenvalue weighted by Gasteiger charge is 2.23. The summed E-state index contributed by atoms with van der Waals surface area (Å²) in [4.78, 5) is 27.7. The van der Waals surface area contributed by atoms with E-state index < -0.39 is 28.4 Å². The fourth-order valence-electron chi connectivity index (χ4n) is 1.86. The van der Waals surface area contributed by atoms with Gasteiger partial charge >= 0.3 is 5.97 Å². The van der Waals surface area contributed by atoms with Crippen LogP contribution in [-0.4, -0.2) is 49.8 Å². The van der Waals surface area contributed by atoms with Crippen LogP contribution < -0.4 is 5.32 Å². The van der Waals surface area contributed by atoms with Crippen molar-refractivity contribution in [3.63, 3.8) is 0 Å². The van der Waals surface area contributed by atoms with Crippen molar-refractivity contribution >= 4 is 54.3 Å². The molecule has 0 unspecified atom stereocenters. The van der Waals surface area contributed by atoms with Crippen LogP contribution in [0.4, 0.5) is 5.13 Å². The summed E-state index contributed by atoms with van der Waals surface area (Å²) in [5.74, 6) is -1.16. The molecule has 0 spiro atoms. The number of hydrogen-bond acceptors (Lipinski definition) is 7. The fraction of sp³-hybridized carbons (Fsp3) is 0.267. The maximum Gasteiger partial charge on any atom is 0.357 e. The molecule has 11 heteroatoms. The van der Waals surface area contributed by atoms with Crippen LogP contribution >= 0.6 is 27.3 Å². The van der Waals surface area contributed by atoms with E-state index in [-0.39, 0.29) is 22.3 Å². The van der Waals surface area contributed by atoms with Gasteiger partial charge in [0, 0.05) is 16.9 Å². The van der Waals surface area contributed by atoms with Gasteiger partial charge in [0.1, 0.15) is 0 Å². The number of thiazole rings is 1. The van der Waals surface area contributed by atoms with Gasteiger partial charge in [-0.2, -0.15) is 4.31 Å². The van der Waals surface area contributed by atoms with Gasteiger partial charge in [0.2, 0.25) is 15.9 Å². The first kappa shape index (κ1) is 20.5. The Bertz CT molecular complexity index is 896. The van der Waals surface area contributed by atoms with Gasteiger partial charge in [-0.1, -0.05) is 15.9 Å². The molecule has 0 bridgehead atoms. The number of amides is 1. The van der Waals surface area contributed by atoms with Crippen molar-refractivity contribution in [2.45, 2.75) is 11.8 Å². The smallest absolute Gasteiger partial charge is 0.357 e. The molecule has 0 aliphatic heterocycles. The molecule has 26 heavy (non-hydrogen) atoms. The Hall–Kier alpha value is -1.82. The third-order valence-corrected chi connectivity index (χ3v) is 6.23. The summed E-state index contributed by atoms with van der Waals surface area (Å²) in [7, 11) is -2.49. The van der Waals surface area contributed by atoms with Gasteiger partial charge in [0.05, 0.1) is 18.0 Å². The normalized spacial score (nSPS) is 11.4. The van der Waals surface area contributed by atoms with E-state index in [1.165, 1.54) is 24.6 Å². The molecular weight excluding hydrogens is 446 g/mol. The molecule has 0 saturated heterocycles. The molecule has 1 N–H and O–H groups in total. The van der Waals surface area contributed by atoms with Crippen LogP contribution in [-0.2, 0) is 19.6 Å². The zero-order valence-electron chi connectivity index (χ0n) is 13.9. The van der Waals surface area contributed by atoms with Crippen molar-refractivity contribution in [3.8, 4) is 0 Å². The van der Waals surface area contributed by atoms with Gasteiger partial charge in [-0.05, 0) is 31.2 Å². The standard InChI is InChI=1S/C15H16BrN3O5S2/c1-3-24-14(21)12-9-25-15(17-12)18-13(20)8-19(2)26(22,23)11-6-4-10(16)5-7-11/h4-7,9H,3,8H2,1-2H3,(H,17,18,20). The van der Waals surface area contributed by atoms with Gasteiger partial charge in [-0.15, -0.1) is 11.3 Å². The van der Waals surface area contributed by atoms with E-state index in [9.17, 15) is 18.0 Å². The quantitative estimate of drug-likeness (QED) is 0.634. The van der Waals surface area contributed by atoms with Crippen molar-refractivity contribution in [2.75, 3.05) is 25.5 Å². The second-order valence-corrected chi connectivity index (χ2v) is 8.84. The van der Waals surface area contributed by atoms with E-state index in [2.05, 4.69) is 26.2 Å². The highest BCUT2D eigenvalue weighted by molar-refractivity contribution is 9.10. The first-order valence-corrected chi connectivity index (χ1v) is 10.5. The molecule has 1 aromatic carbocycles. The minimum absolute atomic E-state index is 0.0786. The largest absolute Gasteiger partial charge is 0.461 e. The molecule has 1 amide bonds. The van der Waals surface area contributed by atoms with Crippen LogP contribution in [0, 0.1) is 0 Å². The van der Waals surface area contributed by atoms with Crippen LogP contribution in [0.3, 0.4) is 0 Å². The zero-order valence-corrected chi connectivity index (χ0v) is 17.2. The second-order valence-electron chi connectivity index (χ2n) is 5.02. The SMILES string of the molecule is CCOC(=O)c1csc(NC(=O)CN(C)S(=O)(=O)c2ccc(Br)cc2)n1. The number of nitrogens with zero attached hydrogens (tertiary/aromatic N) is 2. The predicted octanol–water partition coefficient (Wildman–Crippen LogP) is 2.34. The van der Waals surface area contributed by atoms with Crippen LogP contribution in [0.1, 0.15) is 17.4 Å². The Labute approximate surface area is 163 Å². The lowest BCUT2D eigenvalue weighted by atomic mass is 10.4. The maximum atomic E-state index is 12.5. The van der Waals surface area contributed by atoms with Crippen LogP contribution in [0.5, 0.6) is 0 Å². The van der Waals surface area contributed by atoms with Gasteiger partial charge in [0.15, 0.2) is 10.8 Å². The molecule has 2 aromatic rings. The number of esters is 1. The summed E-state index contributed by atoms with van der Waals surface area (Å²) >= 11 is 4.28. The maximum absolute atomic E-state index is 12.5. The van der Waals surface area contributed by atoms with Crippen LogP contribution in [0.15, 0.2) is 39.0 Å². The molecule has 0 saturated carbocycles. The molecule has 140 valence electrons. The molecule has 0 fully saturated rings. The first-order chi connectivity index (χ1) is 12.2. The number of ether oxygens (including phenoxy) is 1. The molecular formula is C15H16BrN3O5S2. The number of nitrogens with one attached hydrogen (secondary N) is 1. The van der Waals surface area contributed by atoms with Crippen molar-refractivity contribution in [1.82, 2.24) is 9.29 Å². The Kier molecular flexibility index (Phi) is 6.87. The lowest BCUT2D eigenvalue weighted by Gasteiger charge is -2.16. The minimum Gasteiger partial charge on any atom is -0.461 e. The topological polar surface area (TPSA) is 106 Å². The highest BCUT2D eigenvalue weighted by Crippen LogP contribution is 2.19. The second kappa shape index (κ2) is 8.71. The third-order valence-electron chi connectivity index (χ3n) is 3.12. The number of carbonyl (C=O) groups is 2. The molecule has 8 nitrogen and oxygen atoms in total. The van der Waals surface area contributed by atoms with Crippen LogP contribution in [0.2, 0.25) is 0 Å². The number of halogens is 1. The number of anilines is 1. The number of rotatable bonds is 7. The lowest BCUT2D eigenvalue weighted by molar-refractivity contribution is -0.116. The fourth-order valence-corrected chi connectivity index (χ4v) is 3.95. The van der Waals surface area contributed by atoms with Gasteiger partial charge in [-0.25, -0.2) is 18.2 Å².